The van der Waals surface area contributed by atoms with Crippen molar-refractivity contribution in [3.05, 3.63) is 36.2 Å². The van der Waals surface area contributed by atoms with Gasteiger partial charge in [-0.2, -0.15) is 18.3 Å². The van der Waals surface area contributed by atoms with Gasteiger partial charge in [0.1, 0.15) is 0 Å². The van der Waals surface area contributed by atoms with E-state index < -0.39 is 11.7 Å². The van der Waals surface area contributed by atoms with E-state index in [-0.39, 0.29) is 5.69 Å². The predicted molar refractivity (Wildman–Crippen MR) is 67.4 cm³/mol. The van der Waals surface area contributed by atoms with Crippen LogP contribution in [0, 0.1) is 0 Å². The van der Waals surface area contributed by atoms with Gasteiger partial charge in [-0.15, -0.1) is 0 Å². The van der Waals surface area contributed by atoms with Crippen LogP contribution in [0.3, 0.4) is 0 Å². The Labute approximate surface area is 108 Å². The molecule has 2 aromatic rings. The molecule has 3 nitrogen and oxygen atoms in total. The van der Waals surface area contributed by atoms with Gasteiger partial charge in [0.2, 0.25) is 0 Å². The lowest BCUT2D eigenvalue weighted by Crippen LogP contribution is -2.05. The highest BCUT2D eigenvalue weighted by atomic mass is 19.4. The average molecular weight is 269 g/mol. The number of nitrogens with zero attached hydrogens (tertiary/aromatic N) is 2. The van der Waals surface area contributed by atoms with Crippen LogP contribution >= 0.6 is 0 Å². The minimum atomic E-state index is -4.38. The normalized spacial score (nSPS) is 11.8. The Bertz CT molecular complexity index is 573. The zero-order valence-corrected chi connectivity index (χ0v) is 10.4. The van der Waals surface area contributed by atoms with Gasteiger partial charge in [0, 0.05) is 29.6 Å². The van der Waals surface area contributed by atoms with E-state index in [0.29, 0.717) is 5.56 Å². The summed E-state index contributed by atoms with van der Waals surface area (Å²) in [6, 6.07) is 3.36. The number of halogens is 3. The topological polar surface area (TPSA) is 43.8 Å². The number of benzene rings is 1. The maximum Gasteiger partial charge on any atom is 0.416 e. The molecule has 102 valence electrons. The monoisotopic (exact) mass is 269 g/mol. The van der Waals surface area contributed by atoms with Gasteiger partial charge in [-0.3, -0.25) is 4.68 Å². The van der Waals surface area contributed by atoms with Gasteiger partial charge in [0.25, 0.3) is 0 Å². The lowest BCUT2D eigenvalue weighted by molar-refractivity contribution is -0.137. The molecule has 1 aromatic carbocycles. The summed E-state index contributed by atoms with van der Waals surface area (Å²) < 4.78 is 39.3. The van der Waals surface area contributed by atoms with Gasteiger partial charge in [0.15, 0.2) is 0 Å². The largest absolute Gasteiger partial charge is 0.416 e. The zero-order valence-electron chi connectivity index (χ0n) is 10.4. The Morgan fingerprint density at radius 1 is 1.32 bits per heavy atom. The van der Waals surface area contributed by atoms with E-state index in [2.05, 4.69) is 5.10 Å². The van der Waals surface area contributed by atoms with Gasteiger partial charge in [-0.1, -0.05) is 13.0 Å². The molecular weight excluding hydrogens is 255 g/mol. The van der Waals surface area contributed by atoms with Crippen LogP contribution in [-0.2, 0) is 12.7 Å². The molecule has 0 spiro atoms. The molecule has 2 rings (SSSR count). The number of nitrogens with two attached hydrogens (primary N) is 1. The summed E-state index contributed by atoms with van der Waals surface area (Å²) in [5.41, 5.74) is 6.34. The number of anilines is 1. The first-order valence-corrected chi connectivity index (χ1v) is 5.91. The van der Waals surface area contributed by atoms with Crippen LogP contribution in [0.2, 0.25) is 0 Å². The van der Waals surface area contributed by atoms with E-state index in [9.17, 15) is 13.2 Å². The second-order valence-electron chi connectivity index (χ2n) is 4.29. The molecule has 0 saturated carbocycles. The summed E-state index contributed by atoms with van der Waals surface area (Å²) in [4.78, 5) is 0. The first kappa shape index (κ1) is 13.5. The minimum absolute atomic E-state index is 0.103. The van der Waals surface area contributed by atoms with Crippen LogP contribution in [0.4, 0.5) is 18.9 Å². The van der Waals surface area contributed by atoms with Crippen molar-refractivity contribution in [3.63, 3.8) is 0 Å². The molecule has 0 aliphatic carbocycles. The standard InChI is InChI=1S/C13H14F3N3/c1-2-5-19-8-9(7-18-19)11-4-3-10(6-12(11)17)13(14,15)16/h3-4,6-8H,2,5,17H2,1H3. The Morgan fingerprint density at radius 2 is 2.05 bits per heavy atom. The summed E-state index contributed by atoms with van der Waals surface area (Å²) in [5, 5.41) is 4.13. The number of alkyl halides is 3. The van der Waals surface area contributed by atoms with Crippen molar-refractivity contribution < 1.29 is 13.2 Å². The first-order valence-electron chi connectivity index (χ1n) is 5.91. The smallest absolute Gasteiger partial charge is 0.398 e. The van der Waals surface area contributed by atoms with Crippen LogP contribution in [0.5, 0.6) is 0 Å². The third-order valence-electron chi connectivity index (χ3n) is 2.78. The quantitative estimate of drug-likeness (QED) is 0.866. The van der Waals surface area contributed by atoms with Crippen molar-refractivity contribution in [2.75, 3.05) is 5.73 Å². The minimum Gasteiger partial charge on any atom is -0.398 e. The second-order valence-corrected chi connectivity index (χ2v) is 4.29. The molecule has 0 amide bonds. The number of hydrogen-bond donors (Lipinski definition) is 1. The molecule has 0 aliphatic rings. The molecule has 0 aliphatic heterocycles. The first-order chi connectivity index (χ1) is 8.91. The van der Waals surface area contributed by atoms with Crippen LogP contribution in [-0.4, -0.2) is 9.78 Å². The molecule has 2 N–H and O–H groups in total. The molecule has 1 aromatic heterocycles. The fraction of sp³-hybridized carbons (Fsp3) is 0.308. The van der Waals surface area contributed by atoms with Gasteiger partial charge in [-0.25, -0.2) is 0 Å². The van der Waals surface area contributed by atoms with E-state index >= 15 is 0 Å². The van der Waals surface area contributed by atoms with Crippen molar-refractivity contribution in [1.29, 1.82) is 0 Å². The lowest BCUT2D eigenvalue weighted by atomic mass is 10.0. The summed E-state index contributed by atoms with van der Waals surface area (Å²) in [6.45, 7) is 2.79. The molecule has 0 radical (unpaired) electrons. The van der Waals surface area contributed by atoms with Crippen LogP contribution in [0.1, 0.15) is 18.9 Å². The van der Waals surface area contributed by atoms with Crippen LogP contribution < -0.4 is 5.73 Å². The molecule has 6 heteroatoms. The number of hydrogen-bond acceptors (Lipinski definition) is 2. The Morgan fingerprint density at radius 3 is 2.63 bits per heavy atom. The highest BCUT2D eigenvalue weighted by Gasteiger charge is 2.30. The average Bonchev–Trinajstić information content (AvgIpc) is 2.76. The molecule has 0 atom stereocenters. The zero-order chi connectivity index (χ0) is 14.0. The number of aromatic nitrogens is 2. The van der Waals surface area contributed by atoms with Gasteiger partial charge in [-0.05, 0) is 18.6 Å². The van der Waals surface area contributed by atoms with Gasteiger partial charge < -0.3 is 5.73 Å². The van der Waals surface area contributed by atoms with Crippen molar-refractivity contribution in [2.24, 2.45) is 0 Å². The highest BCUT2D eigenvalue weighted by molar-refractivity contribution is 5.76. The molecule has 0 unspecified atom stereocenters. The summed E-state index contributed by atoms with van der Waals surface area (Å²) >= 11 is 0. The third-order valence-corrected chi connectivity index (χ3v) is 2.78. The van der Waals surface area contributed by atoms with E-state index in [1.807, 2.05) is 6.92 Å². The fourth-order valence-electron chi connectivity index (χ4n) is 1.86. The summed E-state index contributed by atoms with van der Waals surface area (Å²) in [6.07, 6.45) is -0.0558. The Kier molecular flexibility index (Phi) is 3.50. The number of rotatable bonds is 3. The third kappa shape index (κ3) is 2.89. The summed E-state index contributed by atoms with van der Waals surface area (Å²) in [5.74, 6) is 0. The van der Waals surface area contributed by atoms with E-state index in [0.717, 1.165) is 30.7 Å². The maximum absolute atomic E-state index is 12.5. The van der Waals surface area contributed by atoms with Crippen molar-refractivity contribution >= 4 is 5.69 Å². The molecule has 1 heterocycles. The van der Waals surface area contributed by atoms with E-state index in [1.165, 1.54) is 6.07 Å². The molecule has 19 heavy (non-hydrogen) atoms. The fourth-order valence-corrected chi connectivity index (χ4v) is 1.86. The Balaban J connectivity index is 2.35. The Hall–Kier alpha value is -1.98. The van der Waals surface area contributed by atoms with Crippen LogP contribution in [0.25, 0.3) is 11.1 Å². The molecule has 0 bridgehead atoms. The SMILES string of the molecule is CCCn1cc(-c2ccc(C(F)(F)F)cc2N)cn1. The maximum atomic E-state index is 12.5. The molecule has 0 saturated heterocycles. The molecule has 0 fully saturated rings. The highest BCUT2D eigenvalue weighted by Crippen LogP contribution is 2.34. The number of aryl methyl sites for hydroxylation is 1. The van der Waals surface area contributed by atoms with E-state index in [1.54, 1.807) is 17.1 Å². The van der Waals surface area contributed by atoms with E-state index in [4.69, 9.17) is 5.73 Å². The van der Waals surface area contributed by atoms with Gasteiger partial charge >= 0.3 is 6.18 Å². The van der Waals surface area contributed by atoms with Crippen molar-refractivity contribution in [3.8, 4) is 11.1 Å². The summed E-state index contributed by atoms with van der Waals surface area (Å²) in [7, 11) is 0. The second kappa shape index (κ2) is 4.95. The molecular formula is C13H14F3N3. The lowest BCUT2D eigenvalue weighted by Gasteiger charge is -2.09. The predicted octanol–water partition coefficient (Wildman–Crippen LogP) is 3.56. The van der Waals surface area contributed by atoms with Crippen molar-refractivity contribution in [2.45, 2.75) is 26.1 Å². The number of nitrogen functional groups attached to an aromatic ring is 1. The van der Waals surface area contributed by atoms with Crippen LogP contribution in [0.15, 0.2) is 30.6 Å². The van der Waals surface area contributed by atoms with Gasteiger partial charge in [0.05, 0.1) is 11.8 Å². The van der Waals surface area contributed by atoms with Crippen molar-refractivity contribution in [1.82, 2.24) is 9.78 Å².